The van der Waals surface area contributed by atoms with E-state index in [0.29, 0.717) is 5.75 Å². The van der Waals surface area contributed by atoms with Gasteiger partial charge in [-0.1, -0.05) is 6.92 Å². The fraction of sp³-hybridized carbons (Fsp3) is 0.833. The van der Waals surface area contributed by atoms with Gasteiger partial charge >= 0.3 is 0 Å². The summed E-state index contributed by atoms with van der Waals surface area (Å²) in [5, 5.41) is 15.2. The zero-order valence-electron chi connectivity index (χ0n) is 11.3. The molecule has 0 aliphatic carbocycles. The second kappa shape index (κ2) is 7.57. The third kappa shape index (κ3) is 7.24. The number of nitriles is 1. The maximum atomic E-state index is 11.5. The molecule has 0 saturated carbocycles. The number of carbonyl (C=O) groups is 1. The fourth-order valence-electron chi connectivity index (χ4n) is 1.42. The highest BCUT2D eigenvalue weighted by atomic mass is 32.2. The van der Waals surface area contributed by atoms with Crippen LogP contribution in [0.4, 0.5) is 0 Å². The van der Waals surface area contributed by atoms with Crippen LogP contribution in [0.5, 0.6) is 0 Å². The van der Waals surface area contributed by atoms with Gasteiger partial charge in [0.05, 0.1) is 11.8 Å². The van der Waals surface area contributed by atoms with Gasteiger partial charge in [0.25, 0.3) is 0 Å². The molecule has 0 heterocycles. The summed E-state index contributed by atoms with van der Waals surface area (Å²) >= 11 is 1.58. The predicted molar refractivity (Wildman–Crippen MR) is 72.9 cm³/mol. The number of rotatable bonds is 7. The monoisotopic (exact) mass is 257 g/mol. The van der Waals surface area contributed by atoms with E-state index in [2.05, 4.69) is 16.7 Å². The largest absolute Gasteiger partial charge is 0.353 e. The summed E-state index contributed by atoms with van der Waals surface area (Å²) < 4.78 is 0. The molecular formula is C12H23N3OS. The van der Waals surface area contributed by atoms with Crippen LogP contribution in [0, 0.1) is 11.3 Å². The molecular weight excluding hydrogens is 234 g/mol. The first-order chi connectivity index (χ1) is 7.83. The van der Waals surface area contributed by atoms with Crippen molar-refractivity contribution >= 4 is 17.7 Å². The van der Waals surface area contributed by atoms with E-state index >= 15 is 0 Å². The normalized spacial score (nSPS) is 16.1. The second-order valence-corrected chi connectivity index (χ2v) is 6.17. The number of nitrogens with zero attached hydrogens (tertiary/aromatic N) is 1. The number of nitrogens with one attached hydrogen (secondary N) is 2. The smallest absolute Gasteiger partial charge is 0.230 e. The highest BCUT2D eigenvalue weighted by Gasteiger charge is 2.24. The van der Waals surface area contributed by atoms with E-state index in [0.717, 1.165) is 6.42 Å². The van der Waals surface area contributed by atoms with E-state index in [1.54, 1.807) is 18.8 Å². The molecule has 0 aromatic heterocycles. The van der Waals surface area contributed by atoms with Crippen LogP contribution in [0.3, 0.4) is 0 Å². The molecule has 2 unspecified atom stereocenters. The van der Waals surface area contributed by atoms with Crippen LogP contribution in [0.25, 0.3) is 0 Å². The average Bonchev–Trinajstić information content (AvgIpc) is 2.25. The third-order valence-electron chi connectivity index (χ3n) is 2.44. The lowest BCUT2D eigenvalue weighted by molar-refractivity contribution is -0.119. The van der Waals surface area contributed by atoms with Crippen LogP contribution < -0.4 is 10.6 Å². The quantitative estimate of drug-likeness (QED) is 0.726. The maximum Gasteiger partial charge on any atom is 0.230 e. The Morgan fingerprint density at radius 1 is 1.47 bits per heavy atom. The third-order valence-corrected chi connectivity index (χ3v) is 3.61. The summed E-state index contributed by atoms with van der Waals surface area (Å²) in [4.78, 5) is 11.5. The molecule has 4 nitrogen and oxygen atoms in total. The molecule has 98 valence electrons. The number of carbonyl (C=O) groups excluding carboxylic acids is 1. The maximum absolute atomic E-state index is 11.5. The van der Waals surface area contributed by atoms with Gasteiger partial charge in [0.1, 0.15) is 5.54 Å². The van der Waals surface area contributed by atoms with Crippen molar-refractivity contribution in [2.75, 3.05) is 12.8 Å². The van der Waals surface area contributed by atoms with Crippen molar-refractivity contribution in [2.24, 2.45) is 0 Å². The Kier molecular flexibility index (Phi) is 7.24. The topological polar surface area (TPSA) is 64.9 Å². The molecule has 1 amide bonds. The Morgan fingerprint density at radius 2 is 2.06 bits per heavy atom. The molecule has 0 rings (SSSR count). The zero-order valence-corrected chi connectivity index (χ0v) is 12.1. The first kappa shape index (κ1) is 16.3. The van der Waals surface area contributed by atoms with Gasteiger partial charge in [-0.3, -0.25) is 4.79 Å². The van der Waals surface area contributed by atoms with Crippen LogP contribution in [0.2, 0.25) is 0 Å². The van der Waals surface area contributed by atoms with E-state index < -0.39 is 5.54 Å². The molecule has 2 N–H and O–H groups in total. The first-order valence-electron chi connectivity index (χ1n) is 5.84. The van der Waals surface area contributed by atoms with Crippen molar-refractivity contribution in [3.05, 3.63) is 0 Å². The Morgan fingerprint density at radius 3 is 2.47 bits per heavy atom. The lowest BCUT2D eigenvalue weighted by Gasteiger charge is -2.24. The molecule has 0 radical (unpaired) electrons. The molecule has 0 aromatic carbocycles. The van der Waals surface area contributed by atoms with E-state index in [1.165, 1.54) is 0 Å². The van der Waals surface area contributed by atoms with E-state index in [1.807, 2.05) is 27.7 Å². The second-order valence-electron chi connectivity index (χ2n) is 4.74. The number of hydrogen-bond acceptors (Lipinski definition) is 4. The Bertz CT molecular complexity index is 288. The number of hydrogen-bond donors (Lipinski definition) is 2. The molecule has 2 atom stereocenters. The Balaban J connectivity index is 4.00. The lowest BCUT2D eigenvalue weighted by atomic mass is 9.98. The molecule has 0 fully saturated rings. The predicted octanol–water partition coefficient (Wildman–Crippen LogP) is 1.52. The molecule has 0 bridgehead atoms. The van der Waals surface area contributed by atoms with Crippen LogP contribution in [-0.2, 0) is 4.79 Å². The van der Waals surface area contributed by atoms with E-state index in [9.17, 15) is 4.79 Å². The highest BCUT2D eigenvalue weighted by molar-refractivity contribution is 8.00. The minimum Gasteiger partial charge on any atom is -0.353 e. The zero-order chi connectivity index (χ0) is 13.5. The van der Waals surface area contributed by atoms with Crippen molar-refractivity contribution in [1.82, 2.24) is 10.6 Å². The van der Waals surface area contributed by atoms with Gasteiger partial charge in [-0.05, 0) is 34.2 Å². The molecule has 0 aliphatic heterocycles. The summed E-state index contributed by atoms with van der Waals surface area (Å²) in [5.74, 6) is 0.505. The standard InChI is InChI=1S/C12H23N3OS/c1-9(2)15-11(16)7-17-10(3)6-12(4,8-13)14-5/h9-10,14H,6-7H2,1-5H3,(H,15,16). The Hall–Kier alpha value is -0.730. The number of thioether (sulfide) groups is 1. The van der Waals surface area contributed by atoms with Crippen molar-refractivity contribution in [1.29, 1.82) is 5.26 Å². The van der Waals surface area contributed by atoms with Crippen LogP contribution >= 0.6 is 11.8 Å². The van der Waals surface area contributed by atoms with E-state index in [4.69, 9.17) is 5.26 Å². The first-order valence-corrected chi connectivity index (χ1v) is 6.89. The highest BCUT2D eigenvalue weighted by Crippen LogP contribution is 2.21. The van der Waals surface area contributed by atoms with Gasteiger partial charge in [0.2, 0.25) is 5.91 Å². The molecule has 5 heteroatoms. The van der Waals surface area contributed by atoms with Crippen molar-refractivity contribution < 1.29 is 4.79 Å². The summed E-state index contributed by atoms with van der Waals surface area (Å²) in [6.07, 6.45) is 0.722. The van der Waals surface area contributed by atoms with Crippen LogP contribution in [0.15, 0.2) is 0 Å². The van der Waals surface area contributed by atoms with E-state index in [-0.39, 0.29) is 17.2 Å². The van der Waals surface area contributed by atoms with Crippen LogP contribution in [-0.4, -0.2) is 35.5 Å². The van der Waals surface area contributed by atoms with Crippen molar-refractivity contribution in [3.8, 4) is 6.07 Å². The summed E-state index contributed by atoms with van der Waals surface area (Å²) in [6.45, 7) is 7.80. The molecule has 0 saturated heterocycles. The molecule has 0 aliphatic rings. The lowest BCUT2D eigenvalue weighted by Crippen LogP contribution is -2.40. The molecule has 0 aromatic rings. The number of amides is 1. The molecule has 0 spiro atoms. The summed E-state index contributed by atoms with van der Waals surface area (Å²) in [6, 6.07) is 2.43. The summed E-state index contributed by atoms with van der Waals surface area (Å²) in [7, 11) is 1.78. The van der Waals surface area contributed by atoms with Gasteiger partial charge in [-0.2, -0.15) is 5.26 Å². The Labute approximate surface area is 109 Å². The molecule has 17 heavy (non-hydrogen) atoms. The fourth-order valence-corrected chi connectivity index (χ4v) is 2.39. The SMILES string of the molecule is CNC(C)(C#N)CC(C)SCC(=O)NC(C)C. The minimum atomic E-state index is -0.513. The van der Waals surface area contributed by atoms with Gasteiger partial charge in [0, 0.05) is 11.3 Å². The average molecular weight is 257 g/mol. The van der Waals surface area contributed by atoms with Crippen molar-refractivity contribution in [2.45, 2.75) is 50.9 Å². The van der Waals surface area contributed by atoms with Gasteiger partial charge in [-0.15, -0.1) is 11.8 Å². The van der Waals surface area contributed by atoms with Crippen molar-refractivity contribution in [3.63, 3.8) is 0 Å². The minimum absolute atomic E-state index is 0.0555. The van der Waals surface area contributed by atoms with Crippen LogP contribution in [0.1, 0.15) is 34.1 Å². The van der Waals surface area contributed by atoms with Gasteiger partial charge in [0.15, 0.2) is 0 Å². The summed E-state index contributed by atoms with van der Waals surface area (Å²) in [5.41, 5.74) is -0.513. The van der Waals surface area contributed by atoms with Gasteiger partial charge in [-0.25, -0.2) is 0 Å². The van der Waals surface area contributed by atoms with Gasteiger partial charge < -0.3 is 10.6 Å².